The molecule has 0 bridgehead atoms. The molecular weight excluding hydrogens is 243 g/mol. The minimum absolute atomic E-state index is 0.0733. The minimum atomic E-state index is -2.91. The molecule has 0 radical (unpaired) electrons. The summed E-state index contributed by atoms with van der Waals surface area (Å²) in [5.41, 5.74) is 7.16. The van der Waals surface area contributed by atoms with Gasteiger partial charge in [-0.2, -0.15) is 8.78 Å². The highest BCUT2D eigenvalue weighted by atomic mass is 19.3. The van der Waals surface area contributed by atoms with Crippen LogP contribution in [-0.2, 0) is 0 Å². The van der Waals surface area contributed by atoms with Crippen LogP contribution in [0.3, 0.4) is 0 Å². The van der Waals surface area contributed by atoms with Gasteiger partial charge in [-0.3, -0.25) is 0 Å². The largest absolute Gasteiger partial charge is 0.433 e. The number of hydrogen-bond donors (Lipinski definition) is 1. The molecule has 0 saturated carbocycles. The fourth-order valence-corrected chi connectivity index (χ4v) is 1.57. The lowest BCUT2D eigenvalue weighted by atomic mass is 10.0. The Morgan fingerprint density at radius 2 is 1.56 bits per heavy atom. The van der Waals surface area contributed by atoms with Crippen LogP contribution >= 0.6 is 0 Å². The van der Waals surface area contributed by atoms with Crippen LogP contribution in [0.5, 0.6) is 5.75 Å². The molecule has 0 aliphatic rings. The van der Waals surface area contributed by atoms with Crippen molar-refractivity contribution in [3.8, 4) is 16.9 Å². The highest BCUT2D eigenvalue weighted by Crippen LogP contribution is 2.29. The van der Waals surface area contributed by atoms with Gasteiger partial charge in [-0.1, -0.05) is 18.2 Å². The van der Waals surface area contributed by atoms with E-state index in [1.807, 2.05) is 0 Å². The van der Waals surface area contributed by atoms with Crippen molar-refractivity contribution in [2.24, 2.45) is 0 Å². The topological polar surface area (TPSA) is 35.2 Å². The summed E-state index contributed by atoms with van der Waals surface area (Å²) in [6, 6.07) is 10.2. The van der Waals surface area contributed by atoms with Gasteiger partial charge in [0, 0.05) is 0 Å². The van der Waals surface area contributed by atoms with Gasteiger partial charge < -0.3 is 10.5 Å². The Kier molecular flexibility index (Phi) is 3.41. The molecule has 2 N–H and O–H groups in total. The molecule has 0 spiro atoms. The normalized spacial score (nSPS) is 10.7. The van der Waals surface area contributed by atoms with Gasteiger partial charge in [-0.15, -0.1) is 0 Å². The van der Waals surface area contributed by atoms with Crippen LogP contribution in [0, 0.1) is 5.82 Å². The lowest BCUT2D eigenvalue weighted by Crippen LogP contribution is -2.04. The number of anilines is 1. The molecule has 0 fully saturated rings. The van der Waals surface area contributed by atoms with E-state index in [0.29, 0.717) is 5.56 Å². The second kappa shape index (κ2) is 5.00. The van der Waals surface area contributed by atoms with E-state index in [1.165, 1.54) is 24.3 Å². The number of ether oxygens (including phenoxy) is 1. The third kappa shape index (κ3) is 2.74. The Hall–Kier alpha value is -2.17. The van der Waals surface area contributed by atoms with Crippen LogP contribution in [0.25, 0.3) is 11.1 Å². The van der Waals surface area contributed by atoms with Crippen molar-refractivity contribution in [1.82, 2.24) is 0 Å². The molecule has 2 aromatic carbocycles. The fraction of sp³-hybridized carbons (Fsp3) is 0.0769. The Bertz CT molecular complexity index is 540. The molecule has 0 amide bonds. The zero-order chi connectivity index (χ0) is 13.1. The average Bonchev–Trinajstić information content (AvgIpc) is 2.32. The monoisotopic (exact) mass is 253 g/mol. The number of hydrogen-bond acceptors (Lipinski definition) is 2. The molecule has 0 aliphatic carbocycles. The third-order valence-electron chi connectivity index (χ3n) is 2.40. The summed E-state index contributed by atoms with van der Waals surface area (Å²) in [7, 11) is 0. The second-order valence-corrected chi connectivity index (χ2v) is 3.64. The Morgan fingerprint density at radius 3 is 2.11 bits per heavy atom. The molecule has 0 atom stereocenters. The van der Waals surface area contributed by atoms with E-state index < -0.39 is 6.61 Å². The fourth-order valence-electron chi connectivity index (χ4n) is 1.57. The van der Waals surface area contributed by atoms with Crippen molar-refractivity contribution in [2.45, 2.75) is 6.61 Å². The van der Waals surface area contributed by atoms with Crippen LogP contribution in [-0.4, -0.2) is 6.61 Å². The van der Waals surface area contributed by atoms with Crippen LogP contribution in [0.4, 0.5) is 18.9 Å². The maximum Gasteiger partial charge on any atom is 0.387 e. The summed E-state index contributed by atoms with van der Waals surface area (Å²) in [6.45, 7) is -2.91. The predicted molar refractivity (Wildman–Crippen MR) is 62.9 cm³/mol. The lowest BCUT2D eigenvalue weighted by Gasteiger charge is -2.09. The van der Waals surface area contributed by atoms with Gasteiger partial charge in [0.2, 0.25) is 0 Å². The van der Waals surface area contributed by atoms with E-state index in [9.17, 15) is 13.2 Å². The van der Waals surface area contributed by atoms with E-state index in [4.69, 9.17) is 5.73 Å². The highest BCUT2D eigenvalue weighted by Gasteiger charge is 2.09. The molecule has 5 heteroatoms. The first kappa shape index (κ1) is 12.3. The Morgan fingerprint density at radius 1 is 0.944 bits per heavy atom. The van der Waals surface area contributed by atoms with Crippen molar-refractivity contribution in [2.75, 3.05) is 5.73 Å². The van der Waals surface area contributed by atoms with Crippen molar-refractivity contribution in [3.05, 3.63) is 48.3 Å². The maximum atomic E-state index is 12.8. The lowest BCUT2D eigenvalue weighted by molar-refractivity contribution is -0.0493. The molecule has 18 heavy (non-hydrogen) atoms. The standard InChI is InChI=1S/C13H10F3NO/c14-10-4-1-8(2-5-10)9-3-6-12(11(17)7-9)18-13(15)16/h1-7,13H,17H2. The number of nitrogen functional groups attached to an aromatic ring is 1. The molecular formula is C13H10F3NO. The molecule has 0 unspecified atom stereocenters. The first-order valence-corrected chi connectivity index (χ1v) is 5.16. The first-order chi connectivity index (χ1) is 8.56. The highest BCUT2D eigenvalue weighted by molar-refractivity contribution is 5.70. The first-order valence-electron chi connectivity index (χ1n) is 5.16. The Balaban J connectivity index is 2.31. The van der Waals surface area contributed by atoms with E-state index in [2.05, 4.69) is 4.74 Å². The zero-order valence-corrected chi connectivity index (χ0v) is 9.24. The van der Waals surface area contributed by atoms with Crippen LogP contribution in [0.1, 0.15) is 0 Å². The van der Waals surface area contributed by atoms with E-state index in [-0.39, 0.29) is 17.3 Å². The SMILES string of the molecule is Nc1cc(-c2ccc(F)cc2)ccc1OC(F)F. The van der Waals surface area contributed by atoms with Gasteiger partial charge >= 0.3 is 6.61 Å². The molecule has 0 aromatic heterocycles. The summed E-state index contributed by atoms with van der Waals surface area (Å²) >= 11 is 0. The number of alkyl halides is 2. The van der Waals surface area contributed by atoms with Crippen molar-refractivity contribution in [1.29, 1.82) is 0 Å². The molecule has 2 rings (SSSR count). The van der Waals surface area contributed by atoms with Crippen molar-refractivity contribution >= 4 is 5.69 Å². The summed E-state index contributed by atoms with van der Waals surface area (Å²) in [6.07, 6.45) is 0. The molecule has 0 aliphatic heterocycles. The van der Waals surface area contributed by atoms with E-state index in [1.54, 1.807) is 18.2 Å². The van der Waals surface area contributed by atoms with Gasteiger partial charge in [0.25, 0.3) is 0 Å². The van der Waals surface area contributed by atoms with Crippen LogP contribution in [0.15, 0.2) is 42.5 Å². The van der Waals surface area contributed by atoms with Gasteiger partial charge in [0.1, 0.15) is 11.6 Å². The van der Waals surface area contributed by atoms with Gasteiger partial charge in [-0.05, 0) is 35.4 Å². The molecule has 2 aromatic rings. The summed E-state index contributed by atoms with van der Waals surface area (Å²) in [4.78, 5) is 0. The zero-order valence-electron chi connectivity index (χ0n) is 9.24. The van der Waals surface area contributed by atoms with Crippen molar-refractivity contribution in [3.63, 3.8) is 0 Å². The van der Waals surface area contributed by atoms with Gasteiger partial charge in [0.05, 0.1) is 5.69 Å². The number of benzene rings is 2. The maximum absolute atomic E-state index is 12.8. The molecule has 0 saturated heterocycles. The number of nitrogens with two attached hydrogens (primary N) is 1. The van der Waals surface area contributed by atoms with E-state index >= 15 is 0 Å². The van der Waals surface area contributed by atoms with Crippen LogP contribution in [0.2, 0.25) is 0 Å². The summed E-state index contributed by atoms with van der Waals surface area (Å²) in [5.74, 6) is -0.416. The number of halogens is 3. The Labute approximate surface area is 102 Å². The summed E-state index contributed by atoms with van der Waals surface area (Å²) < 4.78 is 41.1. The number of rotatable bonds is 3. The van der Waals surface area contributed by atoms with Gasteiger partial charge in [0.15, 0.2) is 0 Å². The minimum Gasteiger partial charge on any atom is -0.433 e. The summed E-state index contributed by atoms with van der Waals surface area (Å²) in [5, 5.41) is 0. The smallest absolute Gasteiger partial charge is 0.387 e. The molecule has 2 nitrogen and oxygen atoms in total. The van der Waals surface area contributed by atoms with E-state index in [0.717, 1.165) is 5.56 Å². The quantitative estimate of drug-likeness (QED) is 0.847. The average molecular weight is 253 g/mol. The third-order valence-corrected chi connectivity index (χ3v) is 2.40. The van der Waals surface area contributed by atoms with Crippen molar-refractivity contribution < 1.29 is 17.9 Å². The van der Waals surface area contributed by atoms with Gasteiger partial charge in [-0.25, -0.2) is 4.39 Å². The molecule has 94 valence electrons. The predicted octanol–water partition coefficient (Wildman–Crippen LogP) is 3.68. The molecule has 0 heterocycles. The second-order valence-electron chi connectivity index (χ2n) is 3.64. The van der Waals surface area contributed by atoms with Crippen LogP contribution < -0.4 is 10.5 Å².